The highest BCUT2D eigenvalue weighted by Gasteiger charge is 2.25. The zero-order valence-corrected chi connectivity index (χ0v) is 12.0. The van der Waals surface area contributed by atoms with Crippen molar-refractivity contribution in [2.24, 2.45) is 0 Å². The molecule has 2 heterocycles. The number of likely N-dealkylation sites (tertiary alicyclic amines) is 1. The van der Waals surface area contributed by atoms with Crippen LogP contribution in [-0.2, 0) is 0 Å². The molecule has 2 N–H and O–H groups in total. The third-order valence-corrected chi connectivity index (χ3v) is 4.21. The van der Waals surface area contributed by atoms with Gasteiger partial charge in [-0.15, -0.1) is 0 Å². The normalized spacial score (nSPS) is 16.1. The minimum Gasteiger partial charge on any atom is -0.508 e. The summed E-state index contributed by atoms with van der Waals surface area (Å²) >= 11 is 0. The van der Waals surface area contributed by atoms with Gasteiger partial charge in [0.25, 0.3) is 5.91 Å². The second-order valence-corrected chi connectivity index (χ2v) is 5.57. The maximum atomic E-state index is 12.4. The van der Waals surface area contributed by atoms with Crippen molar-refractivity contribution in [2.45, 2.75) is 25.7 Å². The maximum Gasteiger partial charge on any atom is 0.257 e. The van der Waals surface area contributed by atoms with E-state index in [0.717, 1.165) is 31.6 Å². The van der Waals surface area contributed by atoms with Gasteiger partial charge >= 0.3 is 0 Å². The summed E-state index contributed by atoms with van der Waals surface area (Å²) in [5, 5.41) is 16.1. The molecule has 110 valence electrons. The number of nitrogens with one attached hydrogen (secondary N) is 1. The minimum absolute atomic E-state index is 0.0606. The van der Waals surface area contributed by atoms with Crippen LogP contribution in [0.15, 0.2) is 30.5 Å². The molecule has 1 aromatic carbocycles. The zero-order valence-electron chi connectivity index (χ0n) is 12.0. The average molecular weight is 285 g/mol. The molecule has 2 aromatic rings. The number of aromatic hydroxyl groups is 1. The van der Waals surface area contributed by atoms with Crippen molar-refractivity contribution >= 4 is 5.91 Å². The zero-order chi connectivity index (χ0) is 14.8. The topological polar surface area (TPSA) is 69.2 Å². The Bertz CT molecular complexity index is 625. The minimum atomic E-state index is 0.0606. The second-order valence-electron chi connectivity index (χ2n) is 5.57. The van der Waals surface area contributed by atoms with Gasteiger partial charge < -0.3 is 10.0 Å². The van der Waals surface area contributed by atoms with Gasteiger partial charge in [-0.3, -0.25) is 9.89 Å². The van der Waals surface area contributed by atoms with Crippen molar-refractivity contribution in [1.29, 1.82) is 0 Å². The quantitative estimate of drug-likeness (QED) is 0.890. The summed E-state index contributed by atoms with van der Waals surface area (Å²) in [6, 6.07) is 7.39. The number of piperidine rings is 1. The number of carbonyl (C=O) groups is 1. The molecule has 1 aromatic heterocycles. The number of aromatic amines is 1. The Morgan fingerprint density at radius 3 is 2.52 bits per heavy atom. The number of aromatic nitrogens is 2. The lowest BCUT2D eigenvalue weighted by Gasteiger charge is -2.32. The molecule has 1 fully saturated rings. The summed E-state index contributed by atoms with van der Waals surface area (Å²) in [5.74, 6) is 0.812. The number of H-pyrrole nitrogens is 1. The van der Waals surface area contributed by atoms with Gasteiger partial charge in [0, 0.05) is 18.8 Å². The Morgan fingerprint density at radius 1 is 1.29 bits per heavy atom. The van der Waals surface area contributed by atoms with E-state index in [9.17, 15) is 9.90 Å². The standard InChI is InChI=1S/C16H19N3O2/c1-11-15(10-17-18-11)16(21)19-8-6-13(7-9-19)12-2-4-14(20)5-3-12/h2-5,10,13,20H,6-9H2,1H3,(H,17,18). The summed E-state index contributed by atoms with van der Waals surface area (Å²) < 4.78 is 0. The van der Waals surface area contributed by atoms with Gasteiger partial charge in [-0.1, -0.05) is 12.1 Å². The largest absolute Gasteiger partial charge is 0.508 e. The molecule has 1 saturated heterocycles. The molecular formula is C16H19N3O2. The van der Waals surface area contributed by atoms with E-state index in [0.29, 0.717) is 17.2 Å². The van der Waals surface area contributed by atoms with E-state index >= 15 is 0 Å². The van der Waals surface area contributed by atoms with Crippen LogP contribution in [0.5, 0.6) is 5.75 Å². The van der Waals surface area contributed by atoms with Gasteiger partial charge in [0.15, 0.2) is 0 Å². The van der Waals surface area contributed by atoms with Crippen LogP contribution < -0.4 is 0 Å². The Kier molecular flexibility index (Phi) is 3.64. The summed E-state index contributed by atoms with van der Waals surface area (Å²) in [6.45, 7) is 3.38. The van der Waals surface area contributed by atoms with E-state index in [1.54, 1.807) is 18.3 Å². The molecule has 5 heteroatoms. The van der Waals surface area contributed by atoms with Crippen LogP contribution in [0.2, 0.25) is 0 Å². The number of hydrogen-bond donors (Lipinski definition) is 2. The SMILES string of the molecule is Cc1[nH]ncc1C(=O)N1CCC(c2ccc(O)cc2)CC1. The molecule has 0 atom stereocenters. The van der Waals surface area contributed by atoms with Gasteiger partial charge in [0.05, 0.1) is 11.8 Å². The Labute approximate surface area is 123 Å². The molecule has 3 rings (SSSR count). The Balaban J connectivity index is 1.64. The summed E-state index contributed by atoms with van der Waals surface area (Å²) in [5.41, 5.74) is 2.72. The maximum absolute atomic E-state index is 12.4. The number of carbonyl (C=O) groups excluding carboxylic acids is 1. The van der Waals surface area contributed by atoms with Crippen molar-refractivity contribution in [3.63, 3.8) is 0 Å². The molecule has 1 aliphatic rings. The van der Waals surface area contributed by atoms with Crippen LogP contribution >= 0.6 is 0 Å². The fraction of sp³-hybridized carbons (Fsp3) is 0.375. The van der Waals surface area contributed by atoms with E-state index in [-0.39, 0.29) is 5.91 Å². The van der Waals surface area contributed by atoms with Crippen molar-refractivity contribution in [1.82, 2.24) is 15.1 Å². The first-order chi connectivity index (χ1) is 10.1. The number of phenols is 1. The highest BCUT2D eigenvalue weighted by atomic mass is 16.3. The first-order valence-electron chi connectivity index (χ1n) is 7.23. The van der Waals surface area contributed by atoms with Gasteiger partial charge in [-0.05, 0) is 43.4 Å². The van der Waals surface area contributed by atoms with Crippen LogP contribution in [0.25, 0.3) is 0 Å². The van der Waals surface area contributed by atoms with Crippen molar-refractivity contribution in [3.8, 4) is 5.75 Å². The first-order valence-corrected chi connectivity index (χ1v) is 7.23. The molecule has 0 aliphatic carbocycles. The molecule has 5 nitrogen and oxygen atoms in total. The number of phenolic OH excluding ortho intramolecular Hbond substituents is 1. The van der Waals surface area contributed by atoms with Crippen LogP contribution in [0.3, 0.4) is 0 Å². The Morgan fingerprint density at radius 2 is 1.95 bits per heavy atom. The molecule has 0 unspecified atom stereocenters. The molecule has 1 aliphatic heterocycles. The van der Waals surface area contributed by atoms with E-state index in [4.69, 9.17) is 0 Å². The molecule has 1 amide bonds. The number of rotatable bonds is 2. The van der Waals surface area contributed by atoms with E-state index in [2.05, 4.69) is 10.2 Å². The van der Waals surface area contributed by atoms with E-state index in [1.165, 1.54) is 5.56 Å². The highest BCUT2D eigenvalue weighted by molar-refractivity contribution is 5.95. The van der Waals surface area contributed by atoms with Crippen molar-refractivity contribution in [3.05, 3.63) is 47.3 Å². The van der Waals surface area contributed by atoms with Gasteiger partial charge in [-0.25, -0.2) is 0 Å². The molecule has 21 heavy (non-hydrogen) atoms. The fourth-order valence-electron chi connectivity index (χ4n) is 2.90. The first kappa shape index (κ1) is 13.7. The van der Waals surface area contributed by atoms with Gasteiger partial charge in [-0.2, -0.15) is 5.10 Å². The van der Waals surface area contributed by atoms with Gasteiger partial charge in [0.2, 0.25) is 0 Å². The van der Waals surface area contributed by atoms with Crippen LogP contribution in [-0.4, -0.2) is 39.2 Å². The average Bonchev–Trinajstić information content (AvgIpc) is 2.94. The third kappa shape index (κ3) is 2.77. The number of nitrogens with zero attached hydrogens (tertiary/aromatic N) is 2. The van der Waals surface area contributed by atoms with Crippen LogP contribution in [0.4, 0.5) is 0 Å². The summed E-state index contributed by atoms with van der Waals surface area (Å²) in [7, 11) is 0. The smallest absolute Gasteiger partial charge is 0.257 e. The third-order valence-electron chi connectivity index (χ3n) is 4.21. The summed E-state index contributed by atoms with van der Waals surface area (Å²) in [6.07, 6.45) is 3.50. The lowest BCUT2D eigenvalue weighted by Crippen LogP contribution is -2.38. The lowest BCUT2D eigenvalue weighted by molar-refractivity contribution is 0.0712. The predicted molar refractivity (Wildman–Crippen MR) is 79.3 cm³/mol. The number of benzene rings is 1. The van der Waals surface area contributed by atoms with Crippen LogP contribution in [0.1, 0.15) is 40.4 Å². The number of amides is 1. The highest BCUT2D eigenvalue weighted by Crippen LogP contribution is 2.29. The second kappa shape index (κ2) is 5.60. The number of hydrogen-bond acceptors (Lipinski definition) is 3. The summed E-state index contributed by atoms with van der Waals surface area (Å²) in [4.78, 5) is 14.3. The molecule has 0 bridgehead atoms. The number of aryl methyl sites for hydroxylation is 1. The lowest BCUT2D eigenvalue weighted by atomic mass is 9.89. The van der Waals surface area contributed by atoms with Gasteiger partial charge in [0.1, 0.15) is 5.75 Å². The molecule has 0 spiro atoms. The molecular weight excluding hydrogens is 266 g/mol. The van der Waals surface area contributed by atoms with E-state index < -0.39 is 0 Å². The van der Waals surface area contributed by atoms with E-state index in [1.807, 2.05) is 24.0 Å². The predicted octanol–water partition coefficient (Wildman–Crippen LogP) is 2.44. The molecule has 0 radical (unpaired) electrons. The Hall–Kier alpha value is -2.30. The fourth-order valence-corrected chi connectivity index (χ4v) is 2.90. The van der Waals surface area contributed by atoms with Crippen molar-refractivity contribution in [2.75, 3.05) is 13.1 Å². The van der Waals surface area contributed by atoms with Crippen molar-refractivity contribution < 1.29 is 9.90 Å². The van der Waals surface area contributed by atoms with Crippen LogP contribution in [0, 0.1) is 6.92 Å². The molecule has 0 saturated carbocycles. The monoisotopic (exact) mass is 285 g/mol.